The third-order valence-corrected chi connectivity index (χ3v) is 5.59. The van der Waals surface area contributed by atoms with Gasteiger partial charge in [0.25, 0.3) is 0 Å². The Labute approximate surface area is 172 Å². The van der Waals surface area contributed by atoms with Gasteiger partial charge in [-0.15, -0.1) is 11.3 Å². The average Bonchev–Trinajstić information content (AvgIpc) is 3.05. The van der Waals surface area contributed by atoms with Crippen LogP contribution in [-0.4, -0.2) is 17.2 Å². The summed E-state index contributed by atoms with van der Waals surface area (Å²) in [7, 11) is 0. The van der Waals surface area contributed by atoms with Crippen molar-refractivity contribution < 1.29 is 19.4 Å². The van der Waals surface area contributed by atoms with Crippen LogP contribution in [0.25, 0.3) is 10.4 Å². The highest BCUT2D eigenvalue weighted by Gasteiger charge is 2.21. The predicted molar refractivity (Wildman–Crippen MR) is 110 cm³/mol. The highest BCUT2D eigenvalue weighted by atomic mass is 79.9. The number of halogens is 2. The number of nitrogens with one attached hydrogen (secondary N) is 1. The molecule has 0 spiro atoms. The van der Waals surface area contributed by atoms with Gasteiger partial charge < -0.3 is 9.84 Å². The largest absolute Gasteiger partial charge is 0.478 e. The van der Waals surface area contributed by atoms with Crippen molar-refractivity contribution in [1.29, 1.82) is 0 Å². The quantitative estimate of drug-likeness (QED) is 0.464. The topological polar surface area (TPSA) is 75.6 Å². The number of carbonyl (C=O) groups excluding carboxylic acids is 1. The summed E-state index contributed by atoms with van der Waals surface area (Å²) in [5, 5.41) is 14.2. The molecule has 0 atom stereocenters. The number of aromatic carboxylic acids is 1. The van der Waals surface area contributed by atoms with Gasteiger partial charge in [0.2, 0.25) is 0 Å². The monoisotopic (exact) mass is 465 g/mol. The van der Waals surface area contributed by atoms with E-state index in [1.807, 2.05) is 24.3 Å². The van der Waals surface area contributed by atoms with Gasteiger partial charge in [0.05, 0.1) is 10.6 Å². The minimum absolute atomic E-state index is 0.0163. The number of thiophene rings is 1. The fourth-order valence-corrected chi connectivity index (χ4v) is 3.84. The zero-order valence-electron chi connectivity index (χ0n) is 13.7. The Morgan fingerprint density at radius 2 is 1.85 bits per heavy atom. The lowest BCUT2D eigenvalue weighted by Gasteiger charge is -2.08. The Morgan fingerprint density at radius 1 is 1.15 bits per heavy atom. The van der Waals surface area contributed by atoms with Crippen LogP contribution < -0.4 is 5.32 Å². The second kappa shape index (κ2) is 8.56. The maximum Gasteiger partial charge on any atom is 0.412 e. The van der Waals surface area contributed by atoms with Crippen LogP contribution in [0.3, 0.4) is 0 Å². The highest BCUT2D eigenvalue weighted by molar-refractivity contribution is 9.10. The van der Waals surface area contributed by atoms with Gasteiger partial charge in [0, 0.05) is 20.4 Å². The Hall–Kier alpha value is -2.35. The molecule has 0 radical (unpaired) electrons. The molecular formula is C19H13BrClNO4S. The van der Waals surface area contributed by atoms with Gasteiger partial charge in [-0.2, -0.15) is 0 Å². The van der Waals surface area contributed by atoms with Crippen LogP contribution in [-0.2, 0) is 11.3 Å². The van der Waals surface area contributed by atoms with Crippen molar-refractivity contribution in [1.82, 2.24) is 0 Å². The number of carboxylic acids is 1. The van der Waals surface area contributed by atoms with Gasteiger partial charge in [-0.25, -0.2) is 9.59 Å². The number of carbonyl (C=O) groups is 2. The van der Waals surface area contributed by atoms with Gasteiger partial charge in [0.15, 0.2) is 0 Å². The molecule has 3 aromatic rings. The van der Waals surface area contributed by atoms with Gasteiger partial charge in [0.1, 0.15) is 12.2 Å². The summed E-state index contributed by atoms with van der Waals surface area (Å²) in [6.45, 7) is -0.0163. The molecule has 0 saturated carbocycles. The Kier molecular flexibility index (Phi) is 6.15. The Bertz CT molecular complexity index is 988. The molecule has 0 fully saturated rings. The zero-order chi connectivity index (χ0) is 19.4. The van der Waals surface area contributed by atoms with Crippen molar-refractivity contribution in [2.45, 2.75) is 6.61 Å². The molecule has 0 aliphatic heterocycles. The van der Waals surface area contributed by atoms with Crippen molar-refractivity contribution in [3.63, 3.8) is 0 Å². The summed E-state index contributed by atoms with van der Waals surface area (Å²) in [6, 6.07) is 14.3. The van der Waals surface area contributed by atoms with E-state index < -0.39 is 12.1 Å². The molecule has 2 N–H and O–H groups in total. The number of benzene rings is 2. The van der Waals surface area contributed by atoms with E-state index in [1.165, 1.54) is 11.3 Å². The van der Waals surface area contributed by atoms with Gasteiger partial charge in [-0.3, -0.25) is 5.32 Å². The first-order valence-corrected chi connectivity index (χ1v) is 9.78. The smallest absolute Gasteiger partial charge is 0.412 e. The van der Waals surface area contributed by atoms with Crippen LogP contribution in [0.4, 0.5) is 10.5 Å². The summed E-state index contributed by atoms with van der Waals surface area (Å²) >= 11 is 10.6. The number of hydrogen-bond donors (Lipinski definition) is 2. The van der Waals surface area contributed by atoms with Crippen LogP contribution in [0.2, 0.25) is 5.02 Å². The SMILES string of the molecule is O=C(Nc1csc(-c2ccc(Br)cc2)c1C(=O)O)OCc1ccccc1Cl. The van der Waals surface area contributed by atoms with Crippen LogP contribution in [0.15, 0.2) is 58.4 Å². The summed E-state index contributed by atoms with van der Waals surface area (Å²) in [5.74, 6) is -1.13. The Morgan fingerprint density at radius 3 is 2.52 bits per heavy atom. The van der Waals surface area contributed by atoms with E-state index in [2.05, 4.69) is 21.2 Å². The molecule has 27 heavy (non-hydrogen) atoms. The molecule has 0 aliphatic carbocycles. The number of carboxylic acid groups (broad SMARTS) is 1. The van der Waals surface area contributed by atoms with E-state index >= 15 is 0 Å². The van der Waals surface area contributed by atoms with Crippen molar-refractivity contribution >= 4 is 56.6 Å². The van der Waals surface area contributed by atoms with Crippen LogP contribution in [0.1, 0.15) is 15.9 Å². The van der Waals surface area contributed by atoms with E-state index in [1.54, 1.807) is 29.6 Å². The number of anilines is 1. The minimum atomic E-state index is -1.13. The van der Waals surface area contributed by atoms with Crippen molar-refractivity contribution in [2.75, 3.05) is 5.32 Å². The van der Waals surface area contributed by atoms with Crippen LogP contribution >= 0.6 is 38.9 Å². The summed E-state index contributed by atoms with van der Waals surface area (Å²) in [4.78, 5) is 24.4. The van der Waals surface area contributed by atoms with E-state index in [0.717, 1.165) is 10.0 Å². The van der Waals surface area contributed by atoms with Gasteiger partial charge >= 0.3 is 12.1 Å². The van der Waals surface area contributed by atoms with E-state index in [4.69, 9.17) is 16.3 Å². The molecular weight excluding hydrogens is 454 g/mol. The maximum absolute atomic E-state index is 12.1. The average molecular weight is 467 g/mol. The first kappa shape index (κ1) is 19.4. The normalized spacial score (nSPS) is 10.4. The maximum atomic E-state index is 12.1. The molecule has 5 nitrogen and oxygen atoms in total. The first-order chi connectivity index (χ1) is 13.0. The molecule has 0 unspecified atom stereocenters. The molecule has 2 aromatic carbocycles. The molecule has 8 heteroatoms. The third kappa shape index (κ3) is 4.68. The van der Waals surface area contributed by atoms with Crippen LogP contribution in [0.5, 0.6) is 0 Å². The number of amides is 1. The van der Waals surface area contributed by atoms with Gasteiger partial charge in [-0.1, -0.05) is 57.9 Å². The number of ether oxygens (including phenoxy) is 1. The summed E-state index contributed by atoms with van der Waals surface area (Å²) < 4.78 is 6.04. The molecule has 0 aliphatic rings. The molecule has 1 heterocycles. The molecule has 138 valence electrons. The van der Waals surface area contributed by atoms with E-state index in [0.29, 0.717) is 15.5 Å². The molecule has 0 bridgehead atoms. The number of hydrogen-bond acceptors (Lipinski definition) is 4. The molecule has 3 rings (SSSR count). The predicted octanol–water partition coefficient (Wildman–Crippen LogP) is 6.28. The van der Waals surface area contributed by atoms with Crippen molar-refractivity contribution in [2.24, 2.45) is 0 Å². The third-order valence-electron chi connectivity index (χ3n) is 3.66. The van der Waals surface area contributed by atoms with Crippen molar-refractivity contribution in [3.05, 3.63) is 74.5 Å². The van der Waals surface area contributed by atoms with Crippen LogP contribution in [0, 0.1) is 0 Å². The molecule has 0 saturated heterocycles. The zero-order valence-corrected chi connectivity index (χ0v) is 16.9. The second-order valence-corrected chi connectivity index (χ2v) is 7.66. The fraction of sp³-hybridized carbons (Fsp3) is 0.0526. The summed E-state index contributed by atoms with van der Waals surface area (Å²) in [6.07, 6.45) is -0.752. The fourth-order valence-electron chi connectivity index (χ4n) is 2.38. The lowest BCUT2D eigenvalue weighted by atomic mass is 10.1. The minimum Gasteiger partial charge on any atom is -0.478 e. The Balaban J connectivity index is 1.76. The van der Waals surface area contributed by atoms with E-state index in [-0.39, 0.29) is 17.9 Å². The lowest BCUT2D eigenvalue weighted by Crippen LogP contribution is -2.15. The van der Waals surface area contributed by atoms with Crippen molar-refractivity contribution in [3.8, 4) is 10.4 Å². The second-order valence-electron chi connectivity index (χ2n) is 5.46. The molecule has 1 amide bonds. The van der Waals surface area contributed by atoms with Gasteiger partial charge in [-0.05, 0) is 23.8 Å². The van der Waals surface area contributed by atoms with E-state index in [9.17, 15) is 14.7 Å². The molecule has 1 aromatic heterocycles. The number of rotatable bonds is 5. The summed E-state index contributed by atoms with van der Waals surface area (Å²) in [5.41, 5.74) is 1.62. The highest BCUT2D eigenvalue weighted by Crippen LogP contribution is 2.36. The first-order valence-electron chi connectivity index (χ1n) is 7.73. The standard InChI is InChI=1S/C19H13BrClNO4S/c20-13-7-5-11(6-8-13)17-16(18(23)24)15(10-27-17)22-19(25)26-9-12-3-1-2-4-14(12)21/h1-8,10H,9H2,(H,22,25)(H,23,24). The lowest BCUT2D eigenvalue weighted by molar-refractivity contribution is 0.0699.